The van der Waals surface area contributed by atoms with Crippen LogP contribution in [0.15, 0.2) is 0 Å². The van der Waals surface area contributed by atoms with Gasteiger partial charge in [0.2, 0.25) is 0 Å². The minimum absolute atomic E-state index is 0.340. The van der Waals surface area contributed by atoms with Crippen molar-refractivity contribution in [3.05, 3.63) is 0 Å². The fraction of sp³-hybridized carbons (Fsp3) is 1.00. The van der Waals surface area contributed by atoms with Crippen LogP contribution in [0.25, 0.3) is 0 Å². The summed E-state index contributed by atoms with van der Waals surface area (Å²) in [6.45, 7) is 19.2. The molecule has 0 aromatic rings. The predicted molar refractivity (Wildman–Crippen MR) is 439 cm³/mol. The molecule has 0 aromatic heterocycles. The molecule has 5 unspecified atom stereocenters. The number of aliphatic hydroxyl groups excluding tert-OH is 5. The molecule has 0 aliphatic carbocycles. The van der Waals surface area contributed by atoms with Gasteiger partial charge in [-0.1, -0.05) is 446 Å². The zero-order chi connectivity index (χ0) is 71.9. The van der Waals surface area contributed by atoms with Crippen molar-refractivity contribution in [3.63, 3.8) is 0 Å². The molecule has 9 heteroatoms. The molecule has 9 nitrogen and oxygen atoms in total. The first-order chi connectivity index (χ1) is 48.7. The summed E-state index contributed by atoms with van der Waals surface area (Å²) >= 11 is 0. The Morgan fingerprint density at radius 3 is 0.515 bits per heavy atom. The number of hydrogen-bond acceptors (Lipinski definition) is 9. The van der Waals surface area contributed by atoms with Crippen molar-refractivity contribution in [2.45, 2.75) is 508 Å². The maximum Gasteiger partial charge on any atom is 0.0667 e. The summed E-state index contributed by atoms with van der Waals surface area (Å²) in [6.07, 6.45) is 86.9. The maximum atomic E-state index is 11.7. The van der Waals surface area contributed by atoms with Gasteiger partial charge in [-0.25, -0.2) is 0 Å². The summed E-state index contributed by atoms with van der Waals surface area (Å²) in [5.74, 6) is 0. The van der Waals surface area contributed by atoms with Crippen molar-refractivity contribution >= 4 is 0 Å². The van der Waals surface area contributed by atoms with E-state index in [2.05, 4.69) is 54.6 Å². The summed E-state index contributed by atoms with van der Waals surface area (Å²) in [5, 5.41) is 61.7. The summed E-state index contributed by atoms with van der Waals surface area (Å²) < 4.78 is 0. The molecule has 596 valence electrons. The third-order valence-corrected chi connectivity index (χ3v) is 22.3. The summed E-state index contributed by atoms with van der Waals surface area (Å²) in [6, 6.07) is 0. The van der Waals surface area contributed by atoms with Gasteiger partial charge in [-0.2, -0.15) is 0 Å². The molecule has 0 radical (unpaired) electrons. The zero-order valence-electron chi connectivity index (χ0n) is 68.5. The largest absolute Gasteiger partial charge is 0.392 e. The molecule has 0 aliphatic rings. The van der Waals surface area contributed by atoms with E-state index in [1.807, 2.05) is 0 Å². The van der Waals surface area contributed by atoms with Crippen molar-refractivity contribution in [3.8, 4) is 0 Å². The third-order valence-electron chi connectivity index (χ3n) is 22.3. The number of hydrogen-bond donors (Lipinski definition) is 6. The number of rotatable bonds is 88. The van der Waals surface area contributed by atoms with Crippen molar-refractivity contribution in [1.82, 2.24) is 20.0 Å². The topological polar surface area (TPSA) is 123 Å². The molecule has 0 fully saturated rings. The highest BCUT2D eigenvalue weighted by molar-refractivity contribution is 4.76. The molecule has 0 aliphatic heterocycles. The van der Waals surface area contributed by atoms with Crippen molar-refractivity contribution < 1.29 is 25.5 Å². The van der Waals surface area contributed by atoms with E-state index >= 15 is 0 Å². The second-order valence-corrected chi connectivity index (χ2v) is 32.6. The smallest absolute Gasteiger partial charge is 0.0667 e. The molecule has 0 aromatic carbocycles. The fourth-order valence-corrected chi connectivity index (χ4v) is 15.4. The van der Waals surface area contributed by atoms with Gasteiger partial charge in [0, 0.05) is 72.0 Å². The van der Waals surface area contributed by atoms with Gasteiger partial charge >= 0.3 is 0 Å². The fourth-order valence-electron chi connectivity index (χ4n) is 15.4. The average molecular weight is 1400 g/mol. The average Bonchev–Trinajstić information content (AvgIpc) is 1.18. The van der Waals surface area contributed by atoms with Crippen LogP contribution in [0, 0.1) is 0 Å². The molecular weight excluding hydrogens is 1220 g/mol. The lowest BCUT2D eigenvalue weighted by atomic mass is 10.0. The molecule has 0 saturated heterocycles. The third kappa shape index (κ3) is 78.5. The minimum atomic E-state index is -0.411. The quantitative estimate of drug-likeness (QED) is 0.0331. The van der Waals surface area contributed by atoms with Crippen molar-refractivity contribution in [2.75, 3.05) is 72.0 Å². The molecule has 0 bridgehead atoms. The second-order valence-electron chi connectivity index (χ2n) is 32.6. The number of aliphatic hydroxyl groups is 5. The number of nitrogens with one attached hydrogen (secondary N) is 1. The molecule has 5 atom stereocenters. The second kappa shape index (κ2) is 83.3. The summed E-state index contributed by atoms with van der Waals surface area (Å²) in [5.41, 5.74) is 0. The minimum Gasteiger partial charge on any atom is -0.392 e. The van der Waals surface area contributed by atoms with E-state index in [-0.39, 0.29) is 6.10 Å². The van der Waals surface area contributed by atoms with Crippen molar-refractivity contribution in [2.24, 2.45) is 0 Å². The van der Waals surface area contributed by atoms with Gasteiger partial charge in [0.15, 0.2) is 0 Å². The van der Waals surface area contributed by atoms with E-state index in [1.165, 1.54) is 379 Å². The molecule has 99 heavy (non-hydrogen) atoms. The SMILES string of the molecule is CCCCCCCCCCCCCCCCC(O)CNCCN(CCN(CC(O)CCCCCCCCCC)CC(O)CCCCCCCCCCCCCCCC)CCN(CC(O)CCCCCCCCCCCCCCCC)CC(O)CCCCCCCCCCCCCCCC. The van der Waals surface area contributed by atoms with Crippen LogP contribution >= 0.6 is 0 Å². The Labute approximate surface area is 622 Å². The van der Waals surface area contributed by atoms with Crippen LogP contribution in [0.5, 0.6) is 0 Å². The standard InChI is InChI=1S/C90H186N4O5/c1-6-11-16-21-26-31-35-39-43-47-51-56-60-65-70-86(95)81-91-75-76-92(77-79-93(82-87(96)71-66-61-55-30-25-20-15-10-5)83-88(97)72-67-62-57-52-48-44-40-36-32-27-22-17-12-7-2)78-80-94(84-89(98)73-68-63-58-53-49-45-41-37-33-28-23-18-13-8-3)85-90(99)74-69-64-59-54-50-46-42-38-34-29-24-19-14-9-4/h86-91,95-99H,6-85H2,1-5H3. The monoisotopic (exact) mass is 1400 g/mol. The molecular formula is C90H186N4O5. The van der Waals surface area contributed by atoms with Crippen LogP contribution < -0.4 is 5.32 Å². The molecule has 0 spiro atoms. The van der Waals surface area contributed by atoms with E-state index in [4.69, 9.17) is 0 Å². The lowest BCUT2D eigenvalue weighted by molar-refractivity contribution is 0.0466. The summed E-state index contributed by atoms with van der Waals surface area (Å²) in [7, 11) is 0. The van der Waals surface area contributed by atoms with Crippen LogP contribution in [0.2, 0.25) is 0 Å². The van der Waals surface area contributed by atoms with Gasteiger partial charge in [0.05, 0.1) is 30.5 Å². The Bertz CT molecular complexity index is 1420. The van der Waals surface area contributed by atoms with E-state index < -0.39 is 24.4 Å². The van der Waals surface area contributed by atoms with Crippen LogP contribution in [0.3, 0.4) is 0 Å². The maximum absolute atomic E-state index is 11.7. The number of nitrogens with zero attached hydrogens (tertiary/aromatic N) is 3. The van der Waals surface area contributed by atoms with Crippen LogP contribution in [0.1, 0.15) is 478 Å². The molecule has 6 N–H and O–H groups in total. The van der Waals surface area contributed by atoms with Crippen LogP contribution in [0.4, 0.5) is 0 Å². The Morgan fingerprint density at radius 1 is 0.182 bits per heavy atom. The first-order valence-corrected chi connectivity index (χ1v) is 46.0. The van der Waals surface area contributed by atoms with E-state index in [1.54, 1.807) is 0 Å². The van der Waals surface area contributed by atoms with E-state index in [0.29, 0.717) is 32.7 Å². The van der Waals surface area contributed by atoms with Gasteiger partial charge in [0.25, 0.3) is 0 Å². The van der Waals surface area contributed by atoms with Gasteiger partial charge in [-0.15, -0.1) is 0 Å². The molecule has 0 amide bonds. The molecule has 0 rings (SSSR count). The lowest BCUT2D eigenvalue weighted by Gasteiger charge is -2.33. The molecule has 0 heterocycles. The van der Waals surface area contributed by atoms with Gasteiger partial charge < -0.3 is 30.8 Å². The van der Waals surface area contributed by atoms with Crippen molar-refractivity contribution in [1.29, 1.82) is 0 Å². The highest BCUT2D eigenvalue weighted by atomic mass is 16.3. The predicted octanol–water partition coefficient (Wildman–Crippen LogP) is 25.3. The Hall–Kier alpha value is -0.360. The number of unbranched alkanes of at least 4 members (excludes halogenated alkanes) is 59. The molecule has 0 saturated carbocycles. The van der Waals surface area contributed by atoms with Gasteiger partial charge in [-0.3, -0.25) is 14.7 Å². The lowest BCUT2D eigenvalue weighted by Crippen LogP contribution is -2.47. The highest BCUT2D eigenvalue weighted by Gasteiger charge is 2.21. The zero-order valence-corrected chi connectivity index (χ0v) is 68.5. The summed E-state index contributed by atoms with van der Waals surface area (Å²) in [4.78, 5) is 7.32. The van der Waals surface area contributed by atoms with E-state index in [9.17, 15) is 25.5 Å². The Morgan fingerprint density at radius 2 is 0.333 bits per heavy atom. The van der Waals surface area contributed by atoms with Crippen LogP contribution in [-0.2, 0) is 0 Å². The van der Waals surface area contributed by atoms with Gasteiger partial charge in [0.1, 0.15) is 0 Å². The highest BCUT2D eigenvalue weighted by Crippen LogP contribution is 2.21. The Balaban J connectivity index is 6.00. The van der Waals surface area contributed by atoms with Gasteiger partial charge in [-0.05, 0) is 32.1 Å². The van der Waals surface area contributed by atoms with Crippen LogP contribution in [-0.4, -0.2) is 143 Å². The first-order valence-electron chi connectivity index (χ1n) is 46.0. The van der Waals surface area contributed by atoms with E-state index in [0.717, 1.165) is 103 Å². The Kier molecular flexibility index (Phi) is 83.0. The first kappa shape index (κ1) is 98.6. The normalized spacial score (nSPS) is 13.7.